The average Bonchev–Trinajstić information content (AvgIpc) is 2.82. The van der Waals surface area contributed by atoms with Crippen LogP contribution in [0.5, 0.6) is 0 Å². The molecule has 0 saturated carbocycles. The van der Waals surface area contributed by atoms with Crippen molar-refractivity contribution in [2.75, 3.05) is 38.2 Å². The summed E-state index contributed by atoms with van der Waals surface area (Å²) in [5.41, 5.74) is 0. The van der Waals surface area contributed by atoms with E-state index in [4.69, 9.17) is 4.74 Å². The van der Waals surface area contributed by atoms with Crippen LogP contribution in [0.3, 0.4) is 0 Å². The minimum Gasteiger partial charge on any atom is -0.373 e. The molecule has 5 heteroatoms. The van der Waals surface area contributed by atoms with E-state index in [0.29, 0.717) is 30.6 Å². The summed E-state index contributed by atoms with van der Waals surface area (Å²) in [5, 5.41) is 0. The molecule has 2 rings (SSSR count). The lowest BCUT2D eigenvalue weighted by Crippen LogP contribution is -2.51. The number of hydrogen-bond acceptors (Lipinski definition) is 4. The minimum atomic E-state index is 0.306. The number of thioether (sulfide) groups is 1. The topological polar surface area (TPSA) is 32.8 Å². The van der Waals surface area contributed by atoms with Gasteiger partial charge in [-0.1, -0.05) is 0 Å². The SMILES string of the molecule is CSCCC(=O)N1CCCC1CN1CC(C)OC(C)C1. The molecule has 0 aliphatic carbocycles. The maximum absolute atomic E-state index is 12.3. The van der Waals surface area contributed by atoms with Crippen molar-refractivity contribution in [2.24, 2.45) is 0 Å². The second kappa shape index (κ2) is 7.66. The van der Waals surface area contributed by atoms with Crippen LogP contribution < -0.4 is 0 Å². The number of carbonyl (C=O) groups excluding carboxylic acids is 1. The van der Waals surface area contributed by atoms with Crippen LogP contribution in [0.2, 0.25) is 0 Å². The molecule has 2 saturated heterocycles. The van der Waals surface area contributed by atoms with Gasteiger partial charge in [0.2, 0.25) is 5.91 Å². The molecule has 116 valence electrons. The van der Waals surface area contributed by atoms with Gasteiger partial charge in [0.1, 0.15) is 0 Å². The van der Waals surface area contributed by atoms with E-state index in [0.717, 1.165) is 44.8 Å². The van der Waals surface area contributed by atoms with E-state index in [-0.39, 0.29) is 0 Å². The molecule has 2 heterocycles. The fraction of sp³-hybridized carbons (Fsp3) is 0.933. The number of carbonyl (C=O) groups is 1. The second-order valence-corrected chi connectivity index (χ2v) is 7.09. The Morgan fingerprint density at radius 3 is 2.65 bits per heavy atom. The van der Waals surface area contributed by atoms with E-state index in [1.807, 2.05) is 0 Å². The monoisotopic (exact) mass is 300 g/mol. The molecule has 2 fully saturated rings. The zero-order chi connectivity index (χ0) is 14.5. The maximum atomic E-state index is 12.3. The molecule has 0 aromatic carbocycles. The summed E-state index contributed by atoms with van der Waals surface area (Å²) < 4.78 is 5.78. The van der Waals surface area contributed by atoms with Crippen molar-refractivity contribution in [3.63, 3.8) is 0 Å². The van der Waals surface area contributed by atoms with Gasteiger partial charge < -0.3 is 9.64 Å². The standard InChI is InChI=1S/C15H28N2O2S/c1-12-9-16(10-13(2)19-12)11-14-5-4-7-17(14)15(18)6-8-20-3/h12-14H,4-11H2,1-3H3. The summed E-state index contributed by atoms with van der Waals surface area (Å²) >= 11 is 1.75. The third-order valence-corrected chi connectivity index (χ3v) is 4.79. The van der Waals surface area contributed by atoms with Crippen molar-refractivity contribution >= 4 is 17.7 Å². The lowest BCUT2D eigenvalue weighted by atomic mass is 10.1. The number of hydrogen-bond donors (Lipinski definition) is 0. The van der Waals surface area contributed by atoms with Crippen molar-refractivity contribution in [1.82, 2.24) is 9.80 Å². The largest absolute Gasteiger partial charge is 0.373 e. The van der Waals surface area contributed by atoms with Crippen molar-refractivity contribution in [2.45, 2.75) is 51.4 Å². The maximum Gasteiger partial charge on any atom is 0.223 e. The molecule has 20 heavy (non-hydrogen) atoms. The first kappa shape index (κ1) is 16.1. The fourth-order valence-electron chi connectivity index (χ4n) is 3.42. The van der Waals surface area contributed by atoms with Gasteiger partial charge in [-0.2, -0.15) is 11.8 Å². The smallest absolute Gasteiger partial charge is 0.223 e. The Morgan fingerprint density at radius 2 is 2.00 bits per heavy atom. The highest BCUT2D eigenvalue weighted by Crippen LogP contribution is 2.21. The first-order valence-corrected chi connectivity index (χ1v) is 9.15. The molecular weight excluding hydrogens is 272 g/mol. The van der Waals surface area contributed by atoms with Gasteiger partial charge in [-0.05, 0) is 32.9 Å². The van der Waals surface area contributed by atoms with Crippen LogP contribution in [0.4, 0.5) is 0 Å². The van der Waals surface area contributed by atoms with Crippen molar-refractivity contribution in [3.05, 3.63) is 0 Å². The van der Waals surface area contributed by atoms with Crippen molar-refractivity contribution in [3.8, 4) is 0 Å². The Hall–Kier alpha value is -0.260. The third kappa shape index (κ3) is 4.37. The van der Waals surface area contributed by atoms with Gasteiger partial charge in [0.05, 0.1) is 12.2 Å². The van der Waals surface area contributed by atoms with Gasteiger partial charge >= 0.3 is 0 Å². The highest BCUT2D eigenvalue weighted by molar-refractivity contribution is 7.98. The van der Waals surface area contributed by atoms with Gasteiger partial charge in [-0.25, -0.2) is 0 Å². The number of rotatable bonds is 5. The molecule has 0 spiro atoms. The molecule has 3 atom stereocenters. The van der Waals surface area contributed by atoms with Gasteiger partial charge in [-0.3, -0.25) is 9.69 Å². The molecule has 0 aromatic rings. The van der Waals surface area contributed by atoms with Gasteiger partial charge in [0, 0.05) is 44.4 Å². The normalized spacial score (nSPS) is 31.8. The zero-order valence-corrected chi connectivity index (χ0v) is 13.8. The van der Waals surface area contributed by atoms with Gasteiger partial charge in [0.25, 0.3) is 0 Å². The molecule has 0 N–H and O–H groups in total. The zero-order valence-electron chi connectivity index (χ0n) is 13.0. The molecule has 0 radical (unpaired) electrons. The van der Waals surface area contributed by atoms with Crippen LogP contribution >= 0.6 is 11.8 Å². The molecule has 2 aliphatic heterocycles. The summed E-state index contributed by atoms with van der Waals surface area (Å²) in [4.78, 5) is 16.9. The number of nitrogens with zero attached hydrogens (tertiary/aromatic N) is 2. The molecular formula is C15H28N2O2S. The lowest BCUT2D eigenvalue weighted by molar-refractivity contribution is -0.132. The Labute approximate surface area is 127 Å². The predicted octanol–water partition coefficient (Wildman–Crippen LogP) is 1.84. The quantitative estimate of drug-likeness (QED) is 0.775. The van der Waals surface area contributed by atoms with Crippen LogP contribution in [0.1, 0.15) is 33.1 Å². The Balaban J connectivity index is 1.85. The summed E-state index contributed by atoms with van der Waals surface area (Å²) in [7, 11) is 0. The molecule has 2 aliphatic rings. The predicted molar refractivity (Wildman–Crippen MR) is 84.2 cm³/mol. The van der Waals surface area contributed by atoms with Crippen molar-refractivity contribution in [1.29, 1.82) is 0 Å². The molecule has 0 bridgehead atoms. The second-order valence-electron chi connectivity index (χ2n) is 6.10. The van der Waals surface area contributed by atoms with Crippen LogP contribution in [-0.2, 0) is 9.53 Å². The van der Waals surface area contributed by atoms with Crippen LogP contribution in [-0.4, -0.2) is 72.1 Å². The Morgan fingerprint density at radius 1 is 1.30 bits per heavy atom. The summed E-state index contributed by atoms with van der Waals surface area (Å²) in [5.74, 6) is 1.28. The van der Waals surface area contributed by atoms with Gasteiger partial charge in [0.15, 0.2) is 0 Å². The van der Waals surface area contributed by atoms with E-state index in [2.05, 4.69) is 29.9 Å². The van der Waals surface area contributed by atoms with E-state index >= 15 is 0 Å². The van der Waals surface area contributed by atoms with Crippen LogP contribution in [0.25, 0.3) is 0 Å². The average molecular weight is 300 g/mol. The minimum absolute atomic E-state index is 0.306. The van der Waals surface area contributed by atoms with E-state index < -0.39 is 0 Å². The molecule has 3 unspecified atom stereocenters. The fourth-order valence-corrected chi connectivity index (χ4v) is 3.80. The summed E-state index contributed by atoms with van der Waals surface area (Å²) in [6, 6.07) is 0.418. The Kier molecular flexibility index (Phi) is 6.18. The molecule has 0 aromatic heterocycles. The van der Waals surface area contributed by atoms with Gasteiger partial charge in [-0.15, -0.1) is 0 Å². The van der Waals surface area contributed by atoms with Crippen LogP contribution in [0, 0.1) is 0 Å². The van der Waals surface area contributed by atoms with Crippen LogP contribution in [0.15, 0.2) is 0 Å². The number of ether oxygens (including phenoxy) is 1. The van der Waals surface area contributed by atoms with E-state index in [1.165, 1.54) is 0 Å². The Bertz CT molecular complexity index is 317. The first-order valence-electron chi connectivity index (χ1n) is 7.76. The summed E-state index contributed by atoms with van der Waals surface area (Å²) in [6.45, 7) is 8.23. The molecule has 1 amide bonds. The first-order chi connectivity index (χ1) is 9.60. The lowest BCUT2D eigenvalue weighted by Gasteiger charge is -2.38. The number of morpholine rings is 1. The summed E-state index contributed by atoms with van der Waals surface area (Å²) in [6.07, 6.45) is 5.68. The molecule has 4 nitrogen and oxygen atoms in total. The van der Waals surface area contributed by atoms with E-state index in [1.54, 1.807) is 11.8 Å². The number of amides is 1. The highest BCUT2D eigenvalue weighted by Gasteiger charge is 2.31. The van der Waals surface area contributed by atoms with E-state index in [9.17, 15) is 4.79 Å². The number of likely N-dealkylation sites (tertiary alicyclic amines) is 1. The highest BCUT2D eigenvalue weighted by atomic mass is 32.2. The third-order valence-electron chi connectivity index (χ3n) is 4.18. The van der Waals surface area contributed by atoms with Crippen molar-refractivity contribution < 1.29 is 9.53 Å².